The van der Waals surface area contributed by atoms with E-state index < -0.39 is 10.6 Å². The van der Waals surface area contributed by atoms with Gasteiger partial charge in [-0.2, -0.15) is 10.2 Å². The molecule has 3 aromatic rings. The highest BCUT2D eigenvalue weighted by atomic mass is 16.6. The lowest BCUT2D eigenvalue weighted by Gasteiger charge is -2.01. The molecule has 2 heterocycles. The second kappa shape index (κ2) is 6.74. The molecule has 10 heteroatoms. The van der Waals surface area contributed by atoms with Gasteiger partial charge in [-0.15, -0.1) is 0 Å². The van der Waals surface area contributed by atoms with Gasteiger partial charge < -0.3 is 5.73 Å². The van der Waals surface area contributed by atoms with Gasteiger partial charge in [0.2, 0.25) is 11.6 Å². The molecule has 0 fully saturated rings. The zero-order valence-electron chi connectivity index (χ0n) is 13.2. The Balaban J connectivity index is 1.81. The number of nitrogens with one attached hydrogen (secondary N) is 1. The van der Waals surface area contributed by atoms with Crippen LogP contribution in [0.2, 0.25) is 0 Å². The fraction of sp³-hybridized carbons (Fsp3) is 0.0667. The summed E-state index contributed by atoms with van der Waals surface area (Å²) in [6.45, 7) is 1.84. The predicted octanol–water partition coefficient (Wildman–Crippen LogP) is 1.91. The molecule has 0 aliphatic rings. The Morgan fingerprint density at radius 3 is 2.80 bits per heavy atom. The van der Waals surface area contributed by atoms with Crippen molar-refractivity contribution in [1.29, 1.82) is 0 Å². The monoisotopic (exact) mass is 338 g/mol. The van der Waals surface area contributed by atoms with Crippen LogP contribution in [0.3, 0.4) is 0 Å². The number of hydrazone groups is 1. The van der Waals surface area contributed by atoms with Gasteiger partial charge in [0, 0.05) is 11.8 Å². The van der Waals surface area contributed by atoms with E-state index in [1.807, 2.05) is 37.3 Å². The van der Waals surface area contributed by atoms with Crippen molar-refractivity contribution in [1.82, 2.24) is 19.7 Å². The summed E-state index contributed by atoms with van der Waals surface area (Å²) in [6.07, 6.45) is 4.43. The lowest BCUT2D eigenvalue weighted by Crippen LogP contribution is -2.04. The quantitative estimate of drug-likeness (QED) is 0.411. The fourth-order valence-electron chi connectivity index (χ4n) is 2.13. The Hall–Kier alpha value is -3.82. The zero-order chi connectivity index (χ0) is 17.8. The highest BCUT2D eigenvalue weighted by Gasteiger charge is 2.20. The third-order valence-electron chi connectivity index (χ3n) is 3.36. The first-order valence-electron chi connectivity index (χ1n) is 7.22. The van der Waals surface area contributed by atoms with E-state index >= 15 is 0 Å². The third-order valence-corrected chi connectivity index (χ3v) is 3.36. The first-order chi connectivity index (χ1) is 12.1. The van der Waals surface area contributed by atoms with Crippen molar-refractivity contribution >= 4 is 23.5 Å². The molecule has 0 saturated heterocycles. The molecule has 0 saturated carbocycles. The Bertz CT molecular complexity index is 936. The standard InChI is InChI=1S/C15H14N8O2/c1-10-11(8-22(21-10)12-5-3-2-4-6-12)7-19-20-15-13(23(24)25)14(16)17-9-18-15/h2-9H,1H3,(H3,16,17,18,20)/b19-7+. The van der Waals surface area contributed by atoms with Gasteiger partial charge >= 0.3 is 5.69 Å². The number of anilines is 2. The van der Waals surface area contributed by atoms with Crippen LogP contribution in [0.15, 0.2) is 48.0 Å². The number of aryl methyl sites for hydroxylation is 1. The number of nitrogen functional groups attached to an aromatic ring is 1. The van der Waals surface area contributed by atoms with Crippen LogP contribution in [0.4, 0.5) is 17.3 Å². The molecule has 0 atom stereocenters. The Morgan fingerprint density at radius 2 is 2.08 bits per heavy atom. The highest BCUT2D eigenvalue weighted by molar-refractivity contribution is 5.81. The Labute approximate surface area is 142 Å². The third kappa shape index (κ3) is 3.42. The van der Waals surface area contributed by atoms with Crippen LogP contribution >= 0.6 is 0 Å². The fourth-order valence-corrected chi connectivity index (χ4v) is 2.13. The summed E-state index contributed by atoms with van der Waals surface area (Å²) in [5.41, 5.74) is 10.0. The molecule has 0 bridgehead atoms. The molecule has 126 valence electrons. The van der Waals surface area contributed by atoms with Gasteiger partial charge in [-0.1, -0.05) is 18.2 Å². The molecule has 3 rings (SSSR count). The van der Waals surface area contributed by atoms with Crippen LogP contribution in [0.1, 0.15) is 11.3 Å². The van der Waals surface area contributed by atoms with Crippen LogP contribution in [0, 0.1) is 17.0 Å². The molecular formula is C15H14N8O2. The molecule has 0 aliphatic heterocycles. The van der Waals surface area contributed by atoms with E-state index in [0.29, 0.717) is 0 Å². The average Bonchev–Trinajstić information content (AvgIpc) is 2.96. The van der Waals surface area contributed by atoms with E-state index in [1.165, 1.54) is 6.21 Å². The molecule has 2 aromatic heterocycles. The molecule has 0 spiro atoms. The number of nitro groups is 1. The minimum absolute atomic E-state index is 0.0816. The maximum absolute atomic E-state index is 11.0. The largest absolute Gasteiger partial charge is 0.378 e. The number of hydrogen-bond donors (Lipinski definition) is 2. The summed E-state index contributed by atoms with van der Waals surface area (Å²) in [6, 6.07) is 9.62. The molecule has 25 heavy (non-hydrogen) atoms. The molecule has 3 N–H and O–H groups in total. The van der Waals surface area contributed by atoms with Crippen molar-refractivity contribution in [3.05, 3.63) is 64.2 Å². The number of rotatable bonds is 5. The summed E-state index contributed by atoms with van der Waals surface area (Å²) < 4.78 is 1.72. The number of nitrogens with two attached hydrogens (primary N) is 1. The van der Waals surface area contributed by atoms with E-state index in [1.54, 1.807) is 10.9 Å². The smallest absolute Gasteiger partial charge is 0.354 e. The van der Waals surface area contributed by atoms with E-state index in [9.17, 15) is 10.1 Å². The van der Waals surface area contributed by atoms with Crippen molar-refractivity contribution in [2.45, 2.75) is 6.92 Å². The SMILES string of the molecule is Cc1nn(-c2ccccc2)cc1/C=N/Nc1ncnc(N)c1[N+](=O)[O-]. The topological polar surface area (TPSA) is 137 Å². The molecule has 1 aromatic carbocycles. The number of benzene rings is 1. The maximum Gasteiger partial charge on any atom is 0.354 e. The van der Waals surface area contributed by atoms with Gasteiger partial charge in [0.15, 0.2) is 0 Å². The van der Waals surface area contributed by atoms with E-state index in [4.69, 9.17) is 5.73 Å². The van der Waals surface area contributed by atoms with E-state index in [-0.39, 0.29) is 11.6 Å². The van der Waals surface area contributed by atoms with Gasteiger partial charge in [-0.3, -0.25) is 15.5 Å². The highest BCUT2D eigenvalue weighted by Crippen LogP contribution is 2.26. The molecular weight excluding hydrogens is 324 g/mol. The molecule has 0 unspecified atom stereocenters. The van der Waals surface area contributed by atoms with Crippen molar-refractivity contribution in [2.75, 3.05) is 11.2 Å². The van der Waals surface area contributed by atoms with Crippen LogP contribution in [0.5, 0.6) is 0 Å². The minimum Gasteiger partial charge on any atom is -0.378 e. The maximum atomic E-state index is 11.0. The number of nitrogens with zero attached hydrogens (tertiary/aromatic N) is 6. The summed E-state index contributed by atoms with van der Waals surface area (Å²) in [5.74, 6) is -0.312. The van der Waals surface area contributed by atoms with Crippen molar-refractivity contribution in [2.24, 2.45) is 5.10 Å². The van der Waals surface area contributed by atoms with E-state index in [0.717, 1.165) is 23.3 Å². The first-order valence-corrected chi connectivity index (χ1v) is 7.22. The summed E-state index contributed by atoms with van der Waals surface area (Å²) in [7, 11) is 0. The van der Waals surface area contributed by atoms with Gasteiger partial charge in [0.05, 0.1) is 22.5 Å². The number of aromatic nitrogens is 4. The zero-order valence-corrected chi connectivity index (χ0v) is 13.2. The molecule has 0 radical (unpaired) electrons. The number of hydrogen-bond acceptors (Lipinski definition) is 8. The minimum atomic E-state index is -0.661. The lowest BCUT2D eigenvalue weighted by atomic mass is 10.3. The van der Waals surface area contributed by atoms with Crippen LogP contribution in [-0.4, -0.2) is 30.9 Å². The van der Waals surface area contributed by atoms with Crippen molar-refractivity contribution in [3.63, 3.8) is 0 Å². The molecule has 0 aliphatic carbocycles. The lowest BCUT2D eigenvalue weighted by molar-refractivity contribution is -0.383. The Kier molecular flexibility index (Phi) is 4.33. The summed E-state index contributed by atoms with van der Waals surface area (Å²) in [4.78, 5) is 17.8. The Morgan fingerprint density at radius 1 is 1.32 bits per heavy atom. The molecule has 10 nitrogen and oxygen atoms in total. The van der Waals surface area contributed by atoms with Crippen LogP contribution < -0.4 is 11.2 Å². The van der Waals surface area contributed by atoms with Gasteiger partial charge in [-0.05, 0) is 19.1 Å². The van der Waals surface area contributed by atoms with Gasteiger partial charge in [0.1, 0.15) is 6.33 Å². The van der Waals surface area contributed by atoms with Crippen LogP contribution in [0.25, 0.3) is 5.69 Å². The molecule has 0 amide bonds. The number of para-hydroxylation sites is 1. The average molecular weight is 338 g/mol. The van der Waals surface area contributed by atoms with Crippen molar-refractivity contribution < 1.29 is 4.92 Å². The van der Waals surface area contributed by atoms with E-state index in [2.05, 4.69) is 25.6 Å². The van der Waals surface area contributed by atoms with Crippen molar-refractivity contribution in [3.8, 4) is 5.69 Å². The second-order valence-electron chi connectivity index (χ2n) is 5.03. The normalized spacial score (nSPS) is 10.9. The van der Waals surface area contributed by atoms with Gasteiger partial charge in [-0.25, -0.2) is 14.6 Å². The van der Waals surface area contributed by atoms with Gasteiger partial charge in [0.25, 0.3) is 0 Å². The first kappa shape index (κ1) is 16.1. The summed E-state index contributed by atoms with van der Waals surface area (Å²) >= 11 is 0. The predicted molar refractivity (Wildman–Crippen MR) is 92.6 cm³/mol. The second-order valence-corrected chi connectivity index (χ2v) is 5.03. The summed E-state index contributed by atoms with van der Waals surface area (Å²) in [5, 5.41) is 19.4. The van der Waals surface area contributed by atoms with Crippen LogP contribution in [-0.2, 0) is 0 Å².